The van der Waals surface area contributed by atoms with E-state index in [2.05, 4.69) is 47.6 Å². The molecule has 6 nitrogen and oxygen atoms in total. The number of furan rings is 1. The highest BCUT2D eigenvalue weighted by Gasteiger charge is 2.14. The summed E-state index contributed by atoms with van der Waals surface area (Å²) in [7, 11) is 1.85. The first kappa shape index (κ1) is 21.3. The maximum atomic E-state index is 12.4. The topological polar surface area (TPSA) is 73.0 Å². The zero-order valence-corrected chi connectivity index (χ0v) is 19.1. The third-order valence-electron chi connectivity index (χ3n) is 4.62. The van der Waals surface area contributed by atoms with Gasteiger partial charge in [0.15, 0.2) is 16.7 Å². The van der Waals surface area contributed by atoms with Crippen LogP contribution in [0.2, 0.25) is 0 Å². The number of nitrogens with one attached hydrogen (secondary N) is 1. The van der Waals surface area contributed by atoms with Gasteiger partial charge in [-0.15, -0.1) is 10.2 Å². The van der Waals surface area contributed by atoms with Crippen LogP contribution in [0.5, 0.6) is 0 Å². The smallest absolute Gasteiger partial charge is 0.234 e. The van der Waals surface area contributed by atoms with Crippen molar-refractivity contribution in [2.24, 2.45) is 7.05 Å². The summed E-state index contributed by atoms with van der Waals surface area (Å²) in [5.74, 6) is 1.42. The van der Waals surface area contributed by atoms with Gasteiger partial charge in [0.1, 0.15) is 0 Å². The zero-order valence-electron chi connectivity index (χ0n) is 17.5. The fourth-order valence-electron chi connectivity index (χ4n) is 2.94. The van der Waals surface area contributed by atoms with E-state index in [1.807, 2.05) is 41.9 Å². The minimum atomic E-state index is -0.0949. The summed E-state index contributed by atoms with van der Waals surface area (Å²) in [6.07, 6.45) is 1.59. The minimum absolute atomic E-state index is 0.0949. The Bertz CT molecular complexity index is 1190. The van der Waals surface area contributed by atoms with Gasteiger partial charge in [0.25, 0.3) is 0 Å². The molecule has 0 bridgehead atoms. The molecule has 8 heteroatoms. The number of nitrogens with zero attached hydrogens (tertiary/aromatic N) is 3. The summed E-state index contributed by atoms with van der Waals surface area (Å²) in [6.45, 7) is 4.21. The fourth-order valence-corrected chi connectivity index (χ4v) is 4.65. The normalized spacial score (nSPS) is 10.9. The lowest BCUT2D eigenvalue weighted by molar-refractivity contribution is -0.113. The van der Waals surface area contributed by atoms with Crippen LogP contribution in [0.1, 0.15) is 11.1 Å². The lowest BCUT2D eigenvalue weighted by Gasteiger charge is -2.09. The Labute approximate surface area is 189 Å². The Hall–Kier alpha value is -2.97. The van der Waals surface area contributed by atoms with E-state index in [4.69, 9.17) is 4.42 Å². The lowest BCUT2D eigenvalue weighted by atomic mass is 10.2. The predicted molar refractivity (Wildman–Crippen MR) is 125 cm³/mol. The molecule has 2 aromatic carbocycles. The van der Waals surface area contributed by atoms with Crippen molar-refractivity contribution < 1.29 is 9.21 Å². The Morgan fingerprint density at radius 2 is 1.90 bits per heavy atom. The first-order valence-corrected chi connectivity index (χ1v) is 11.5. The number of aryl methyl sites for hydroxylation is 2. The van der Waals surface area contributed by atoms with E-state index >= 15 is 0 Å². The molecule has 0 saturated carbocycles. The van der Waals surface area contributed by atoms with Crippen molar-refractivity contribution in [1.82, 2.24) is 14.8 Å². The van der Waals surface area contributed by atoms with Crippen LogP contribution in [0.15, 0.2) is 80.2 Å². The third-order valence-corrected chi connectivity index (χ3v) is 6.81. The predicted octanol–water partition coefficient (Wildman–Crippen LogP) is 5.57. The first-order chi connectivity index (χ1) is 15.0. The number of amides is 1. The lowest BCUT2D eigenvalue weighted by Crippen LogP contribution is -2.14. The molecule has 0 atom stereocenters. The van der Waals surface area contributed by atoms with Crippen LogP contribution in [0, 0.1) is 13.8 Å². The standard InChI is InChI=1S/C23H22N4O2S2/c1-15-6-7-16(2)20(13-15)31-18-10-8-17(9-11-18)24-21(28)14-30-23-26-25-22(27(23)3)19-5-4-12-29-19/h4-13H,14H2,1-3H3,(H,24,28). The summed E-state index contributed by atoms with van der Waals surface area (Å²) < 4.78 is 7.18. The van der Waals surface area contributed by atoms with Gasteiger partial charge >= 0.3 is 0 Å². The molecule has 31 heavy (non-hydrogen) atoms. The number of rotatable bonds is 7. The highest BCUT2D eigenvalue weighted by atomic mass is 32.2. The maximum absolute atomic E-state index is 12.4. The van der Waals surface area contributed by atoms with Crippen molar-refractivity contribution in [3.05, 3.63) is 72.0 Å². The van der Waals surface area contributed by atoms with E-state index in [-0.39, 0.29) is 11.7 Å². The summed E-state index contributed by atoms with van der Waals surface area (Å²) in [5.41, 5.74) is 3.27. The molecule has 0 saturated heterocycles. The van der Waals surface area contributed by atoms with E-state index < -0.39 is 0 Å². The van der Waals surface area contributed by atoms with Crippen LogP contribution in [0.25, 0.3) is 11.6 Å². The van der Waals surface area contributed by atoms with E-state index in [0.717, 1.165) is 10.6 Å². The second kappa shape index (κ2) is 9.45. The van der Waals surface area contributed by atoms with Gasteiger partial charge in [-0.2, -0.15) is 0 Å². The van der Waals surface area contributed by atoms with E-state index in [9.17, 15) is 4.79 Å². The largest absolute Gasteiger partial charge is 0.461 e. The Kier molecular flexibility index (Phi) is 6.48. The van der Waals surface area contributed by atoms with Crippen LogP contribution in [0.3, 0.4) is 0 Å². The number of benzene rings is 2. The molecular formula is C23H22N4O2S2. The molecule has 158 valence electrons. The highest BCUT2D eigenvalue weighted by Crippen LogP contribution is 2.31. The molecule has 0 radical (unpaired) electrons. The number of anilines is 1. The zero-order chi connectivity index (χ0) is 21.8. The van der Waals surface area contributed by atoms with Crippen LogP contribution in [0.4, 0.5) is 5.69 Å². The van der Waals surface area contributed by atoms with E-state index in [0.29, 0.717) is 16.7 Å². The molecule has 4 rings (SSSR count). The van der Waals surface area contributed by atoms with Crippen molar-refractivity contribution in [1.29, 1.82) is 0 Å². The highest BCUT2D eigenvalue weighted by molar-refractivity contribution is 7.99. The maximum Gasteiger partial charge on any atom is 0.234 e. The van der Waals surface area contributed by atoms with Gasteiger partial charge in [-0.05, 0) is 67.4 Å². The summed E-state index contributed by atoms with van der Waals surface area (Å²) in [6, 6.07) is 18.0. The second-order valence-electron chi connectivity index (χ2n) is 7.07. The van der Waals surface area contributed by atoms with E-state index in [1.54, 1.807) is 24.1 Å². The molecule has 4 aromatic rings. The van der Waals surface area contributed by atoms with E-state index in [1.165, 1.54) is 27.8 Å². The molecule has 1 amide bonds. The van der Waals surface area contributed by atoms with Gasteiger partial charge in [0, 0.05) is 22.5 Å². The first-order valence-electron chi connectivity index (χ1n) is 9.70. The van der Waals surface area contributed by atoms with Crippen LogP contribution in [-0.2, 0) is 11.8 Å². The van der Waals surface area contributed by atoms with Gasteiger partial charge < -0.3 is 14.3 Å². The SMILES string of the molecule is Cc1ccc(C)c(Sc2ccc(NC(=O)CSc3nnc(-c4ccco4)n3C)cc2)c1. The fraction of sp³-hybridized carbons (Fsp3) is 0.174. The average molecular weight is 451 g/mol. The summed E-state index contributed by atoms with van der Waals surface area (Å²) >= 11 is 3.06. The average Bonchev–Trinajstić information content (AvgIpc) is 3.40. The minimum Gasteiger partial charge on any atom is -0.461 e. The molecule has 1 N–H and O–H groups in total. The van der Waals surface area contributed by atoms with Crippen LogP contribution < -0.4 is 5.32 Å². The quantitative estimate of drug-likeness (QED) is 0.371. The molecule has 0 aliphatic heterocycles. The Morgan fingerprint density at radius 1 is 1.10 bits per heavy atom. The number of hydrogen-bond acceptors (Lipinski definition) is 6. The number of hydrogen-bond donors (Lipinski definition) is 1. The monoisotopic (exact) mass is 450 g/mol. The van der Waals surface area contributed by atoms with Crippen molar-refractivity contribution >= 4 is 35.1 Å². The van der Waals surface area contributed by atoms with Crippen LogP contribution >= 0.6 is 23.5 Å². The van der Waals surface area contributed by atoms with Gasteiger partial charge in [-0.3, -0.25) is 4.79 Å². The molecule has 2 aromatic heterocycles. The molecule has 0 fully saturated rings. The molecular weight excluding hydrogens is 428 g/mol. The van der Waals surface area contributed by atoms with Crippen LogP contribution in [-0.4, -0.2) is 26.4 Å². The Balaban J connectivity index is 1.32. The molecule has 0 aliphatic carbocycles. The molecule has 0 unspecified atom stereocenters. The van der Waals surface area contributed by atoms with Gasteiger partial charge in [0.2, 0.25) is 5.91 Å². The number of carbonyl (C=O) groups excluding carboxylic acids is 1. The van der Waals surface area contributed by atoms with Gasteiger partial charge in [-0.25, -0.2) is 0 Å². The van der Waals surface area contributed by atoms with Crippen molar-refractivity contribution in [3.63, 3.8) is 0 Å². The van der Waals surface area contributed by atoms with Crippen molar-refractivity contribution in [2.75, 3.05) is 11.1 Å². The van der Waals surface area contributed by atoms with Gasteiger partial charge in [-0.1, -0.05) is 35.7 Å². The van der Waals surface area contributed by atoms with Crippen molar-refractivity contribution in [2.45, 2.75) is 28.8 Å². The summed E-state index contributed by atoms with van der Waals surface area (Å²) in [4.78, 5) is 14.7. The third kappa shape index (κ3) is 5.21. The number of carbonyl (C=O) groups is 1. The van der Waals surface area contributed by atoms with Gasteiger partial charge in [0.05, 0.1) is 12.0 Å². The Morgan fingerprint density at radius 3 is 2.65 bits per heavy atom. The second-order valence-corrected chi connectivity index (χ2v) is 9.13. The number of thioether (sulfide) groups is 1. The molecule has 0 spiro atoms. The number of aromatic nitrogens is 3. The molecule has 0 aliphatic rings. The molecule has 2 heterocycles. The van der Waals surface area contributed by atoms with Crippen molar-refractivity contribution in [3.8, 4) is 11.6 Å². The summed E-state index contributed by atoms with van der Waals surface area (Å²) in [5, 5.41) is 11.9.